The summed E-state index contributed by atoms with van der Waals surface area (Å²) in [5.74, 6) is 2.47. The van der Waals surface area contributed by atoms with Gasteiger partial charge in [0.25, 0.3) is 0 Å². The number of rotatable bonds is 5. The van der Waals surface area contributed by atoms with Crippen LogP contribution in [0.15, 0.2) is 0 Å². The van der Waals surface area contributed by atoms with E-state index in [1.807, 2.05) is 27.7 Å². The number of amides is 1. The van der Waals surface area contributed by atoms with Crippen LogP contribution in [0.2, 0.25) is 0 Å². The Hall–Kier alpha value is -1.01. The molecule has 3 heteroatoms. The molecule has 0 heterocycles. The number of carbonyl (C=O) groups excluding carboxylic acids is 1. The second kappa shape index (κ2) is 5.66. The SMILES string of the molecule is C#CC(C)(C)NC(=O)C(C)CNCC. The topological polar surface area (TPSA) is 41.1 Å². The maximum absolute atomic E-state index is 11.6. The summed E-state index contributed by atoms with van der Waals surface area (Å²) in [7, 11) is 0. The van der Waals surface area contributed by atoms with Crippen LogP contribution in [0.5, 0.6) is 0 Å². The molecule has 0 rings (SSSR count). The number of terminal acetylenes is 1. The van der Waals surface area contributed by atoms with Gasteiger partial charge in [0.15, 0.2) is 0 Å². The maximum Gasteiger partial charge on any atom is 0.225 e. The molecule has 14 heavy (non-hydrogen) atoms. The van der Waals surface area contributed by atoms with Crippen LogP contribution in [0.3, 0.4) is 0 Å². The van der Waals surface area contributed by atoms with Crippen molar-refractivity contribution in [1.82, 2.24) is 10.6 Å². The minimum absolute atomic E-state index is 0.00565. The highest BCUT2D eigenvalue weighted by atomic mass is 16.2. The second-order valence-corrected chi connectivity index (χ2v) is 3.97. The van der Waals surface area contributed by atoms with Crippen molar-refractivity contribution >= 4 is 5.91 Å². The third-order valence-corrected chi connectivity index (χ3v) is 1.94. The van der Waals surface area contributed by atoms with E-state index in [2.05, 4.69) is 16.6 Å². The van der Waals surface area contributed by atoms with Crippen molar-refractivity contribution in [2.45, 2.75) is 33.2 Å². The average molecular weight is 196 g/mol. The van der Waals surface area contributed by atoms with E-state index in [1.54, 1.807) is 0 Å². The number of nitrogens with one attached hydrogen (secondary N) is 2. The molecule has 0 fully saturated rings. The fourth-order valence-electron chi connectivity index (χ4n) is 0.921. The van der Waals surface area contributed by atoms with E-state index < -0.39 is 5.54 Å². The van der Waals surface area contributed by atoms with Crippen molar-refractivity contribution in [2.24, 2.45) is 5.92 Å². The van der Waals surface area contributed by atoms with Crippen LogP contribution in [-0.4, -0.2) is 24.5 Å². The van der Waals surface area contributed by atoms with Crippen LogP contribution in [0.1, 0.15) is 27.7 Å². The van der Waals surface area contributed by atoms with Gasteiger partial charge in [-0.05, 0) is 20.4 Å². The van der Waals surface area contributed by atoms with Crippen molar-refractivity contribution in [1.29, 1.82) is 0 Å². The third kappa shape index (κ3) is 4.88. The van der Waals surface area contributed by atoms with E-state index in [1.165, 1.54) is 0 Å². The Balaban J connectivity index is 4.03. The van der Waals surface area contributed by atoms with Gasteiger partial charge < -0.3 is 10.6 Å². The van der Waals surface area contributed by atoms with Gasteiger partial charge in [0.1, 0.15) is 0 Å². The molecule has 0 aliphatic rings. The lowest BCUT2D eigenvalue weighted by molar-refractivity contribution is -0.125. The highest BCUT2D eigenvalue weighted by molar-refractivity contribution is 5.79. The molecule has 0 saturated carbocycles. The van der Waals surface area contributed by atoms with E-state index in [4.69, 9.17) is 6.42 Å². The average Bonchev–Trinajstić information content (AvgIpc) is 2.13. The first kappa shape index (κ1) is 13.0. The minimum Gasteiger partial charge on any atom is -0.340 e. The van der Waals surface area contributed by atoms with Crippen molar-refractivity contribution in [3.05, 3.63) is 0 Å². The zero-order chi connectivity index (χ0) is 11.2. The van der Waals surface area contributed by atoms with Crippen molar-refractivity contribution in [3.8, 4) is 12.3 Å². The maximum atomic E-state index is 11.6. The van der Waals surface area contributed by atoms with Crippen LogP contribution in [0, 0.1) is 18.3 Å². The molecule has 3 nitrogen and oxygen atoms in total. The Morgan fingerprint density at radius 1 is 1.57 bits per heavy atom. The Morgan fingerprint density at radius 3 is 2.57 bits per heavy atom. The highest BCUT2D eigenvalue weighted by Crippen LogP contribution is 2.02. The van der Waals surface area contributed by atoms with Gasteiger partial charge in [-0.3, -0.25) is 4.79 Å². The first-order chi connectivity index (χ1) is 6.43. The van der Waals surface area contributed by atoms with Gasteiger partial charge in [-0.2, -0.15) is 0 Å². The molecule has 80 valence electrons. The second-order valence-electron chi connectivity index (χ2n) is 3.97. The summed E-state index contributed by atoms with van der Waals surface area (Å²) >= 11 is 0. The lowest BCUT2D eigenvalue weighted by Gasteiger charge is -2.22. The summed E-state index contributed by atoms with van der Waals surface area (Å²) in [6, 6.07) is 0. The molecule has 2 N–H and O–H groups in total. The van der Waals surface area contributed by atoms with Gasteiger partial charge in [-0.1, -0.05) is 19.8 Å². The molecule has 0 radical (unpaired) electrons. The number of hydrogen-bond acceptors (Lipinski definition) is 2. The summed E-state index contributed by atoms with van der Waals surface area (Å²) in [5, 5.41) is 5.92. The summed E-state index contributed by atoms with van der Waals surface area (Å²) in [4.78, 5) is 11.6. The van der Waals surface area contributed by atoms with E-state index >= 15 is 0 Å². The lowest BCUT2D eigenvalue weighted by Crippen LogP contribution is -2.46. The fraction of sp³-hybridized carbons (Fsp3) is 0.727. The van der Waals surface area contributed by atoms with E-state index in [0.717, 1.165) is 6.54 Å². The molecule has 0 aliphatic heterocycles. The quantitative estimate of drug-likeness (QED) is 0.637. The molecule has 0 aliphatic carbocycles. The van der Waals surface area contributed by atoms with E-state index in [-0.39, 0.29) is 11.8 Å². The fourth-order valence-corrected chi connectivity index (χ4v) is 0.921. The number of hydrogen-bond donors (Lipinski definition) is 2. The van der Waals surface area contributed by atoms with Crippen LogP contribution in [-0.2, 0) is 4.79 Å². The predicted octanol–water partition coefficient (Wildman–Crippen LogP) is 0.760. The minimum atomic E-state index is -0.558. The first-order valence-corrected chi connectivity index (χ1v) is 4.93. The summed E-state index contributed by atoms with van der Waals surface area (Å²) in [6.45, 7) is 9.06. The molecular formula is C11H20N2O. The summed E-state index contributed by atoms with van der Waals surface area (Å²) in [5.41, 5.74) is -0.558. The molecule has 0 saturated heterocycles. The molecule has 0 aromatic rings. The smallest absolute Gasteiger partial charge is 0.225 e. The van der Waals surface area contributed by atoms with Crippen LogP contribution in [0.4, 0.5) is 0 Å². The monoisotopic (exact) mass is 196 g/mol. The Morgan fingerprint density at radius 2 is 2.14 bits per heavy atom. The van der Waals surface area contributed by atoms with Gasteiger partial charge in [0, 0.05) is 12.5 Å². The summed E-state index contributed by atoms with van der Waals surface area (Å²) in [6.07, 6.45) is 5.27. The zero-order valence-electron chi connectivity index (χ0n) is 9.48. The summed E-state index contributed by atoms with van der Waals surface area (Å²) < 4.78 is 0. The van der Waals surface area contributed by atoms with Crippen LogP contribution in [0.25, 0.3) is 0 Å². The van der Waals surface area contributed by atoms with Crippen molar-refractivity contribution in [2.75, 3.05) is 13.1 Å². The highest BCUT2D eigenvalue weighted by Gasteiger charge is 2.20. The predicted molar refractivity (Wildman–Crippen MR) is 58.8 cm³/mol. The molecule has 0 aromatic heterocycles. The standard InChI is InChI=1S/C11H20N2O/c1-6-11(4,5)13-10(14)9(3)8-12-7-2/h1,9,12H,7-8H2,2-5H3,(H,13,14). The zero-order valence-corrected chi connectivity index (χ0v) is 9.48. The van der Waals surface area contributed by atoms with Gasteiger partial charge in [-0.15, -0.1) is 6.42 Å². The lowest BCUT2D eigenvalue weighted by atomic mass is 10.0. The normalized spacial score (nSPS) is 13.1. The largest absolute Gasteiger partial charge is 0.340 e. The molecule has 1 atom stereocenters. The Kier molecular flexibility index (Phi) is 5.26. The van der Waals surface area contributed by atoms with E-state index in [9.17, 15) is 4.79 Å². The third-order valence-electron chi connectivity index (χ3n) is 1.94. The van der Waals surface area contributed by atoms with E-state index in [0.29, 0.717) is 6.54 Å². The van der Waals surface area contributed by atoms with Crippen molar-refractivity contribution < 1.29 is 4.79 Å². The van der Waals surface area contributed by atoms with Gasteiger partial charge in [0.05, 0.1) is 5.54 Å². The number of carbonyl (C=O) groups is 1. The Bertz CT molecular complexity index is 228. The molecular weight excluding hydrogens is 176 g/mol. The van der Waals surface area contributed by atoms with Crippen LogP contribution < -0.4 is 10.6 Å². The first-order valence-electron chi connectivity index (χ1n) is 4.93. The van der Waals surface area contributed by atoms with Crippen molar-refractivity contribution in [3.63, 3.8) is 0 Å². The Labute approximate surface area is 86.6 Å². The molecule has 1 unspecified atom stereocenters. The van der Waals surface area contributed by atoms with Gasteiger partial charge >= 0.3 is 0 Å². The molecule has 0 bridgehead atoms. The van der Waals surface area contributed by atoms with Crippen LogP contribution >= 0.6 is 0 Å². The molecule has 0 spiro atoms. The van der Waals surface area contributed by atoms with Gasteiger partial charge in [0.2, 0.25) is 5.91 Å². The van der Waals surface area contributed by atoms with Gasteiger partial charge in [-0.25, -0.2) is 0 Å². The molecule has 0 aromatic carbocycles. The molecule has 1 amide bonds.